The third-order valence-electron chi connectivity index (χ3n) is 5.56. The number of rotatable bonds is 8. The molecule has 164 valence electrons. The molecule has 2 saturated heterocycles. The molecule has 0 spiro atoms. The fourth-order valence-corrected chi connectivity index (χ4v) is 6.69. The van der Waals surface area contributed by atoms with Gasteiger partial charge in [0.15, 0.2) is 0 Å². The van der Waals surface area contributed by atoms with E-state index in [4.69, 9.17) is 0 Å². The Morgan fingerprint density at radius 3 is 2.41 bits per heavy atom. The van der Waals surface area contributed by atoms with E-state index in [1.807, 2.05) is 0 Å². The van der Waals surface area contributed by atoms with E-state index in [0.717, 1.165) is 32.0 Å². The molecule has 1 atom stereocenters. The van der Waals surface area contributed by atoms with Gasteiger partial charge in [-0.3, -0.25) is 0 Å². The second-order valence-corrected chi connectivity index (χ2v) is 11.7. The van der Waals surface area contributed by atoms with Crippen LogP contribution in [-0.4, -0.2) is 94.1 Å². The van der Waals surface area contributed by atoms with Crippen LogP contribution < -0.4 is 0 Å². The highest BCUT2D eigenvalue weighted by Crippen LogP contribution is 2.26. The van der Waals surface area contributed by atoms with E-state index in [1.54, 1.807) is 0 Å². The molecule has 2 fully saturated rings. The summed E-state index contributed by atoms with van der Waals surface area (Å²) >= 11 is 0. The van der Waals surface area contributed by atoms with Crippen LogP contribution in [0.3, 0.4) is 0 Å². The molecule has 2 aliphatic rings. The van der Waals surface area contributed by atoms with Gasteiger partial charge in [0.25, 0.3) is 10.2 Å². The van der Waals surface area contributed by atoms with Crippen molar-refractivity contribution in [1.29, 1.82) is 0 Å². The summed E-state index contributed by atoms with van der Waals surface area (Å²) in [6, 6.07) is 4.44. The highest BCUT2D eigenvalue weighted by molar-refractivity contribution is 7.89. The average Bonchev–Trinajstić information content (AvgIpc) is 3.34. The minimum absolute atomic E-state index is 0.0614. The van der Waals surface area contributed by atoms with Gasteiger partial charge in [-0.25, -0.2) is 12.8 Å². The number of benzene rings is 1. The average molecular weight is 449 g/mol. The van der Waals surface area contributed by atoms with Crippen LogP contribution in [0.15, 0.2) is 29.2 Å². The summed E-state index contributed by atoms with van der Waals surface area (Å²) in [5.74, 6) is -0.621. The van der Waals surface area contributed by atoms with Crippen molar-refractivity contribution in [3.8, 4) is 0 Å². The topological polar surface area (TPSA) is 81.2 Å². The molecule has 0 bridgehead atoms. The van der Waals surface area contributed by atoms with Gasteiger partial charge in [0, 0.05) is 46.3 Å². The van der Waals surface area contributed by atoms with E-state index < -0.39 is 32.1 Å². The summed E-state index contributed by atoms with van der Waals surface area (Å²) in [5, 5.41) is 0. The molecule has 0 aliphatic carbocycles. The van der Waals surface area contributed by atoms with Crippen molar-refractivity contribution >= 4 is 20.2 Å². The Morgan fingerprint density at radius 2 is 1.79 bits per heavy atom. The van der Waals surface area contributed by atoms with E-state index >= 15 is 0 Å². The van der Waals surface area contributed by atoms with E-state index in [0.29, 0.717) is 19.5 Å². The predicted molar refractivity (Wildman–Crippen MR) is 109 cm³/mol. The van der Waals surface area contributed by atoms with Crippen LogP contribution in [0.2, 0.25) is 0 Å². The zero-order valence-corrected chi connectivity index (χ0v) is 18.5. The van der Waals surface area contributed by atoms with Crippen LogP contribution in [0.1, 0.15) is 19.3 Å². The molecule has 1 aromatic carbocycles. The lowest BCUT2D eigenvalue weighted by atomic mass is 10.2. The minimum Gasteiger partial charge on any atom is -0.302 e. The first-order valence-electron chi connectivity index (χ1n) is 9.80. The minimum atomic E-state index is -3.88. The highest BCUT2D eigenvalue weighted by Gasteiger charge is 2.40. The van der Waals surface area contributed by atoms with Crippen LogP contribution in [0, 0.1) is 5.82 Å². The zero-order chi connectivity index (χ0) is 21.2. The van der Waals surface area contributed by atoms with Gasteiger partial charge in [0.05, 0.1) is 4.90 Å². The van der Waals surface area contributed by atoms with Gasteiger partial charge in [-0.2, -0.15) is 21.3 Å². The van der Waals surface area contributed by atoms with Crippen molar-refractivity contribution in [3.05, 3.63) is 30.1 Å². The molecule has 0 N–H and O–H groups in total. The maximum Gasteiger partial charge on any atom is 0.281 e. The first kappa shape index (κ1) is 22.6. The Labute approximate surface area is 173 Å². The predicted octanol–water partition coefficient (Wildman–Crippen LogP) is 0.793. The number of hydrogen-bond donors (Lipinski definition) is 0. The molecule has 0 radical (unpaired) electrons. The van der Waals surface area contributed by atoms with Crippen LogP contribution in [0.4, 0.5) is 4.39 Å². The monoisotopic (exact) mass is 448 g/mol. The van der Waals surface area contributed by atoms with Gasteiger partial charge in [-0.1, -0.05) is 6.07 Å². The molecule has 8 nitrogen and oxygen atoms in total. The van der Waals surface area contributed by atoms with Crippen molar-refractivity contribution in [3.63, 3.8) is 0 Å². The summed E-state index contributed by atoms with van der Waals surface area (Å²) in [5.41, 5.74) is 0. The van der Waals surface area contributed by atoms with Crippen LogP contribution in [-0.2, 0) is 20.2 Å². The van der Waals surface area contributed by atoms with Crippen LogP contribution in [0.5, 0.6) is 0 Å². The lowest BCUT2D eigenvalue weighted by Crippen LogP contribution is -2.50. The normalized spacial score (nSPS) is 22.2. The van der Waals surface area contributed by atoms with E-state index in [-0.39, 0.29) is 18.0 Å². The summed E-state index contributed by atoms with van der Waals surface area (Å²) in [4.78, 5) is 2.12. The largest absolute Gasteiger partial charge is 0.302 e. The maximum atomic E-state index is 13.5. The molecule has 0 unspecified atom stereocenters. The lowest BCUT2D eigenvalue weighted by Gasteiger charge is -2.32. The smallest absolute Gasteiger partial charge is 0.281 e. The van der Waals surface area contributed by atoms with Crippen molar-refractivity contribution in [2.24, 2.45) is 0 Å². The van der Waals surface area contributed by atoms with Gasteiger partial charge in [0.1, 0.15) is 5.82 Å². The lowest BCUT2D eigenvalue weighted by molar-refractivity contribution is 0.252. The van der Waals surface area contributed by atoms with E-state index in [1.165, 1.54) is 45.2 Å². The maximum absolute atomic E-state index is 13.5. The number of nitrogens with zero attached hydrogens (tertiary/aromatic N) is 4. The van der Waals surface area contributed by atoms with Gasteiger partial charge >= 0.3 is 0 Å². The molecule has 29 heavy (non-hydrogen) atoms. The number of sulfonamides is 1. The first-order chi connectivity index (χ1) is 13.6. The van der Waals surface area contributed by atoms with E-state index in [2.05, 4.69) is 4.90 Å². The van der Waals surface area contributed by atoms with Gasteiger partial charge in [-0.15, -0.1) is 0 Å². The quantitative estimate of drug-likeness (QED) is 0.588. The molecule has 3 rings (SSSR count). The Kier molecular flexibility index (Phi) is 6.96. The SMILES string of the molecule is CN(C)S(=O)(=O)N(CCN1CCCC1)[C@H]1CCN(S(=O)(=O)c2cccc(F)c2)C1. The van der Waals surface area contributed by atoms with Gasteiger partial charge < -0.3 is 4.90 Å². The molecule has 0 amide bonds. The Hall–Kier alpha value is -1.11. The molecule has 0 aromatic heterocycles. The first-order valence-corrected chi connectivity index (χ1v) is 12.6. The van der Waals surface area contributed by atoms with Crippen LogP contribution in [0.25, 0.3) is 0 Å². The molecule has 11 heteroatoms. The highest BCUT2D eigenvalue weighted by atomic mass is 32.2. The fraction of sp³-hybridized carbons (Fsp3) is 0.667. The van der Waals surface area contributed by atoms with Crippen molar-refractivity contribution in [1.82, 2.24) is 17.8 Å². The summed E-state index contributed by atoms with van der Waals surface area (Å²) in [6.07, 6.45) is 2.63. The van der Waals surface area contributed by atoms with Crippen molar-refractivity contribution < 1.29 is 21.2 Å². The second kappa shape index (κ2) is 8.94. The van der Waals surface area contributed by atoms with Crippen LogP contribution >= 0.6 is 0 Å². The van der Waals surface area contributed by atoms with Gasteiger partial charge in [-0.05, 0) is 50.6 Å². The molecule has 0 saturated carbocycles. The third kappa shape index (κ3) is 4.97. The molecule has 2 heterocycles. The fourth-order valence-electron chi connectivity index (χ4n) is 3.88. The second-order valence-electron chi connectivity index (χ2n) is 7.71. The molecule has 1 aromatic rings. The van der Waals surface area contributed by atoms with Gasteiger partial charge in [0.2, 0.25) is 10.0 Å². The zero-order valence-electron chi connectivity index (χ0n) is 16.9. The standard InChI is InChI=1S/C18H29FN4O4S2/c1-20(2)29(26,27)23(13-12-21-9-3-4-10-21)17-8-11-22(15-17)28(24,25)18-7-5-6-16(19)14-18/h5-7,14,17H,3-4,8-13,15H2,1-2H3/t17-/m0/s1. The summed E-state index contributed by atoms with van der Waals surface area (Å²) in [7, 11) is -4.61. The number of likely N-dealkylation sites (tertiary alicyclic amines) is 1. The summed E-state index contributed by atoms with van der Waals surface area (Å²) in [6.45, 7) is 3.12. The summed E-state index contributed by atoms with van der Waals surface area (Å²) < 4.78 is 68.9. The van der Waals surface area contributed by atoms with Crippen molar-refractivity contribution in [2.75, 3.05) is 53.4 Å². The number of hydrogen-bond acceptors (Lipinski definition) is 5. The van der Waals surface area contributed by atoms with E-state index in [9.17, 15) is 21.2 Å². The Balaban J connectivity index is 1.77. The third-order valence-corrected chi connectivity index (χ3v) is 9.42. The van der Waals surface area contributed by atoms with Crippen molar-refractivity contribution in [2.45, 2.75) is 30.2 Å². The number of halogens is 1. The Bertz CT molecular complexity index is 918. The molecule has 2 aliphatic heterocycles. The molecular weight excluding hydrogens is 419 g/mol. The Morgan fingerprint density at radius 1 is 1.10 bits per heavy atom. The molecular formula is C18H29FN4O4S2.